The number of rotatable bonds is 3. The lowest BCUT2D eigenvalue weighted by atomic mass is 9.93. The molecule has 2 aliphatic rings. The minimum absolute atomic E-state index is 0.109. The second-order valence-electron chi connectivity index (χ2n) is 7.96. The van der Waals surface area contributed by atoms with Crippen molar-refractivity contribution in [2.75, 3.05) is 0 Å². The lowest BCUT2D eigenvalue weighted by Gasteiger charge is -2.17. The van der Waals surface area contributed by atoms with E-state index in [0.717, 1.165) is 54.3 Å². The van der Waals surface area contributed by atoms with Crippen LogP contribution in [0.25, 0.3) is 16.0 Å². The molecule has 0 spiro atoms. The van der Waals surface area contributed by atoms with Gasteiger partial charge in [0, 0.05) is 22.0 Å². The number of pyridine rings is 2. The van der Waals surface area contributed by atoms with Gasteiger partial charge in [-0.1, -0.05) is 0 Å². The summed E-state index contributed by atoms with van der Waals surface area (Å²) in [7, 11) is 0. The highest BCUT2D eigenvalue weighted by molar-refractivity contribution is 7.15. The molecule has 3 heterocycles. The fourth-order valence-corrected chi connectivity index (χ4v) is 5.80. The van der Waals surface area contributed by atoms with Gasteiger partial charge in [-0.3, -0.25) is 9.20 Å². The van der Waals surface area contributed by atoms with E-state index in [1.807, 2.05) is 13.0 Å². The Morgan fingerprint density at radius 3 is 2.71 bits per heavy atom. The van der Waals surface area contributed by atoms with Crippen molar-refractivity contribution in [3.63, 3.8) is 0 Å². The van der Waals surface area contributed by atoms with Gasteiger partial charge < -0.3 is 10.8 Å². The molecule has 3 aromatic heterocycles. The number of fused-ring (bicyclic) bond motifs is 2. The molecule has 5 rings (SSSR count). The Morgan fingerprint density at radius 1 is 1.25 bits per heavy atom. The summed E-state index contributed by atoms with van der Waals surface area (Å²) in [5.41, 5.74) is 10.9. The number of carbonyl (C=O) groups is 1. The molecule has 2 aliphatic carbocycles. The van der Waals surface area contributed by atoms with Crippen LogP contribution in [0.5, 0.6) is 0 Å². The van der Waals surface area contributed by atoms with Crippen LogP contribution in [0, 0.1) is 6.92 Å². The minimum atomic E-state index is -1.16. The minimum Gasteiger partial charge on any atom is -0.477 e. The highest BCUT2D eigenvalue weighted by Crippen LogP contribution is 2.45. The summed E-state index contributed by atoms with van der Waals surface area (Å²) in [4.78, 5) is 26.8. The van der Waals surface area contributed by atoms with Gasteiger partial charge >= 0.3 is 5.97 Å². The molecule has 5 nitrogen and oxygen atoms in total. The van der Waals surface area contributed by atoms with E-state index < -0.39 is 11.5 Å². The predicted octanol–water partition coefficient (Wildman–Crippen LogP) is 4.25. The van der Waals surface area contributed by atoms with Crippen molar-refractivity contribution in [3.8, 4) is 10.4 Å². The first-order valence-electron chi connectivity index (χ1n) is 9.76. The second-order valence-corrected chi connectivity index (χ2v) is 9.10. The van der Waals surface area contributed by atoms with Crippen LogP contribution >= 0.6 is 11.3 Å². The summed E-state index contributed by atoms with van der Waals surface area (Å²) in [5, 5.41) is 9.45. The first-order valence-corrected chi connectivity index (χ1v) is 10.6. The number of hydrogen-bond acceptors (Lipinski definition) is 4. The average molecular weight is 394 g/mol. The predicted molar refractivity (Wildman–Crippen MR) is 111 cm³/mol. The molecule has 0 amide bonds. The van der Waals surface area contributed by atoms with Crippen LogP contribution in [0.4, 0.5) is 0 Å². The topological polar surface area (TPSA) is 84.8 Å². The third-order valence-electron chi connectivity index (χ3n) is 6.09. The third-order valence-corrected chi connectivity index (χ3v) is 7.33. The maximum atomic E-state index is 12.7. The van der Waals surface area contributed by atoms with Gasteiger partial charge in [0.15, 0.2) is 0 Å². The number of aromatic carboxylic acids is 1. The maximum absolute atomic E-state index is 12.7. The molecule has 3 N–H and O–H groups in total. The maximum Gasteiger partial charge on any atom is 0.341 e. The van der Waals surface area contributed by atoms with Crippen LogP contribution in [0.2, 0.25) is 0 Å². The Labute approximate surface area is 166 Å². The van der Waals surface area contributed by atoms with Crippen LogP contribution in [0.15, 0.2) is 29.2 Å². The van der Waals surface area contributed by atoms with Crippen molar-refractivity contribution in [2.45, 2.75) is 51.0 Å². The molecular weight excluding hydrogens is 372 g/mol. The standard InChI is InChI=1S/C22H22N2O3S/c1-11-13(19-10-15-17(23)3-2-4-18(15)28-19)7-8-24-20(11)14(12-5-6-12)9-16(21(24)25)22(26)27/h7-10,12,17H,2-6,23H2,1H3,(H,26,27). The Kier molecular flexibility index (Phi) is 3.96. The molecular formula is C22H22N2O3S. The van der Waals surface area contributed by atoms with Crippen LogP contribution < -0.4 is 11.3 Å². The monoisotopic (exact) mass is 394 g/mol. The van der Waals surface area contributed by atoms with E-state index in [1.165, 1.54) is 19.7 Å². The van der Waals surface area contributed by atoms with Crippen molar-refractivity contribution in [1.29, 1.82) is 0 Å². The molecule has 1 unspecified atom stereocenters. The van der Waals surface area contributed by atoms with Gasteiger partial charge in [0.2, 0.25) is 0 Å². The number of aryl methyl sites for hydroxylation is 2. The normalized spacial score (nSPS) is 19.0. The molecule has 6 heteroatoms. The van der Waals surface area contributed by atoms with Crippen molar-refractivity contribution < 1.29 is 9.90 Å². The number of aromatic nitrogens is 1. The van der Waals surface area contributed by atoms with E-state index in [4.69, 9.17) is 5.73 Å². The third kappa shape index (κ3) is 2.63. The summed E-state index contributed by atoms with van der Waals surface area (Å²) < 4.78 is 1.52. The van der Waals surface area contributed by atoms with Crippen LogP contribution in [-0.4, -0.2) is 15.5 Å². The molecule has 3 aromatic rings. The van der Waals surface area contributed by atoms with Crippen molar-refractivity contribution in [2.24, 2.45) is 5.73 Å². The number of thiophene rings is 1. The largest absolute Gasteiger partial charge is 0.477 e. The van der Waals surface area contributed by atoms with Gasteiger partial charge in [0.05, 0.1) is 5.52 Å². The van der Waals surface area contributed by atoms with E-state index in [-0.39, 0.29) is 11.6 Å². The zero-order chi connectivity index (χ0) is 19.6. The molecule has 0 radical (unpaired) electrons. The first-order chi connectivity index (χ1) is 13.5. The number of nitrogens with zero attached hydrogens (tertiary/aromatic N) is 1. The van der Waals surface area contributed by atoms with E-state index in [0.29, 0.717) is 5.92 Å². The highest BCUT2D eigenvalue weighted by Gasteiger charge is 2.30. The van der Waals surface area contributed by atoms with Crippen LogP contribution in [0.1, 0.15) is 69.6 Å². The average Bonchev–Trinajstić information content (AvgIpc) is 3.41. The van der Waals surface area contributed by atoms with Gasteiger partial charge in [-0.25, -0.2) is 4.79 Å². The Hall–Kier alpha value is -2.44. The van der Waals surface area contributed by atoms with Gasteiger partial charge in [0.1, 0.15) is 5.56 Å². The fourth-order valence-electron chi connectivity index (χ4n) is 4.45. The second kappa shape index (κ2) is 6.29. The van der Waals surface area contributed by atoms with E-state index in [2.05, 4.69) is 6.07 Å². The summed E-state index contributed by atoms with van der Waals surface area (Å²) in [6.45, 7) is 2.04. The van der Waals surface area contributed by atoms with Crippen molar-refractivity contribution in [3.05, 3.63) is 61.9 Å². The SMILES string of the molecule is Cc1c(-c2cc3c(s2)CCCC3N)ccn2c(=O)c(C(=O)O)cc(C3CC3)c12. The van der Waals surface area contributed by atoms with Gasteiger partial charge in [-0.2, -0.15) is 0 Å². The Bertz CT molecular complexity index is 1190. The van der Waals surface area contributed by atoms with Crippen LogP contribution in [-0.2, 0) is 6.42 Å². The molecule has 0 aromatic carbocycles. The molecule has 0 saturated heterocycles. The molecule has 1 saturated carbocycles. The van der Waals surface area contributed by atoms with E-state index in [1.54, 1.807) is 23.6 Å². The first kappa shape index (κ1) is 17.6. The van der Waals surface area contributed by atoms with E-state index >= 15 is 0 Å². The molecule has 0 bridgehead atoms. The van der Waals surface area contributed by atoms with Gasteiger partial charge in [-0.05, 0) is 85.4 Å². The summed E-state index contributed by atoms with van der Waals surface area (Å²) in [6.07, 6.45) is 7.05. The molecule has 1 atom stereocenters. The number of nitrogens with two attached hydrogens (primary N) is 1. The molecule has 0 aliphatic heterocycles. The lowest BCUT2D eigenvalue weighted by molar-refractivity contribution is 0.0694. The molecule has 28 heavy (non-hydrogen) atoms. The summed E-state index contributed by atoms with van der Waals surface area (Å²) in [5.74, 6) is -0.824. The molecule has 1 fully saturated rings. The highest BCUT2D eigenvalue weighted by atomic mass is 32.1. The van der Waals surface area contributed by atoms with Gasteiger partial charge in [-0.15, -0.1) is 11.3 Å². The summed E-state index contributed by atoms with van der Waals surface area (Å²) in [6, 6.07) is 5.86. The lowest BCUT2D eigenvalue weighted by Crippen LogP contribution is -2.23. The smallest absolute Gasteiger partial charge is 0.341 e. The zero-order valence-electron chi connectivity index (χ0n) is 15.7. The number of carboxylic acids is 1. The summed E-state index contributed by atoms with van der Waals surface area (Å²) >= 11 is 1.80. The van der Waals surface area contributed by atoms with Gasteiger partial charge in [0.25, 0.3) is 5.56 Å². The Morgan fingerprint density at radius 2 is 2.04 bits per heavy atom. The van der Waals surface area contributed by atoms with Crippen molar-refractivity contribution >= 4 is 22.8 Å². The quantitative estimate of drug-likeness (QED) is 0.695. The Balaban J connectivity index is 1.76. The van der Waals surface area contributed by atoms with Crippen LogP contribution in [0.3, 0.4) is 0 Å². The number of hydrogen-bond donors (Lipinski definition) is 2. The zero-order valence-corrected chi connectivity index (χ0v) is 16.5. The van der Waals surface area contributed by atoms with E-state index in [9.17, 15) is 14.7 Å². The number of carboxylic acid groups (broad SMARTS) is 1. The molecule has 144 valence electrons. The van der Waals surface area contributed by atoms with Crippen molar-refractivity contribution in [1.82, 2.24) is 4.40 Å². The fraction of sp³-hybridized carbons (Fsp3) is 0.364.